The van der Waals surface area contributed by atoms with Gasteiger partial charge in [0, 0.05) is 17.3 Å². The Kier molecular flexibility index (Phi) is 4.42. The van der Waals surface area contributed by atoms with Gasteiger partial charge in [0.15, 0.2) is 0 Å². The lowest BCUT2D eigenvalue weighted by Crippen LogP contribution is -2.23. The Hall–Kier alpha value is -3.35. The van der Waals surface area contributed by atoms with Crippen molar-refractivity contribution in [2.24, 2.45) is 0 Å². The van der Waals surface area contributed by atoms with Crippen LogP contribution in [0, 0.1) is 0 Å². The molecule has 3 rings (SSSR count). The Labute approximate surface area is 137 Å². The average Bonchev–Trinajstić information content (AvgIpc) is 3.01. The van der Waals surface area contributed by atoms with Crippen molar-refractivity contribution in [3.8, 4) is 0 Å². The van der Waals surface area contributed by atoms with Crippen molar-refractivity contribution in [3.05, 3.63) is 65.5 Å². The first-order valence-corrected chi connectivity index (χ1v) is 7.27. The Balaban J connectivity index is 1.57. The van der Waals surface area contributed by atoms with Gasteiger partial charge in [0.25, 0.3) is 0 Å². The fourth-order valence-electron chi connectivity index (χ4n) is 2.23. The van der Waals surface area contributed by atoms with Crippen molar-refractivity contribution in [2.75, 3.05) is 0 Å². The van der Waals surface area contributed by atoms with Crippen LogP contribution < -0.4 is 5.32 Å². The third-order valence-electron chi connectivity index (χ3n) is 3.41. The van der Waals surface area contributed by atoms with E-state index in [1.54, 1.807) is 6.07 Å². The van der Waals surface area contributed by atoms with E-state index >= 15 is 0 Å². The molecule has 0 bridgehead atoms. The van der Waals surface area contributed by atoms with E-state index in [0.29, 0.717) is 16.7 Å². The number of rotatable bonds is 5. The van der Waals surface area contributed by atoms with E-state index in [0.717, 1.165) is 5.56 Å². The van der Waals surface area contributed by atoms with Gasteiger partial charge in [-0.25, -0.2) is 14.6 Å². The molecular weight excluding hydrogens is 310 g/mol. The molecule has 1 amide bonds. The van der Waals surface area contributed by atoms with Gasteiger partial charge in [-0.2, -0.15) is 0 Å². The minimum atomic E-state index is -1.03. The number of aromatic nitrogens is 2. The van der Waals surface area contributed by atoms with Crippen LogP contribution >= 0.6 is 0 Å². The molecule has 0 spiro atoms. The zero-order chi connectivity index (χ0) is 16.9. The van der Waals surface area contributed by atoms with Crippen LogP contribution in [0.15, 0.2) is 48.7 Å². The number of carbonyl (C=O) groups excluding carboxylic acids is 1. The fraction of sp³-hybridized carbons (Fsp3) is 0.118. The molecule has 0 aliphatic rings. The Bertz CT molecular complexity index is 874. The summed E-state index contributed by atoms with van der Waals surface area (Å²) in [4.78, 5) is 29.7. The van der Waals surface area contributed by atoms with Gasteiger partial charge in [-0.15, -0.1) is 0 Å². The number of hydrogen-bond acceptors (Lipinski definition) is 4. The van der Waals surface area contributed by atoms with Gasteiger partial charge in [0.1, 0.15) is 12.3 Å². The number of ether oxygens (including phenoxy) is 1. The number of carbonyl (C=O) groups is 2. The van der Waals surface area contributed by atoms with E-state index < -0.39 is 12.1 Å². The number of pyridine rings is 1. The SMILES string of the molecule is O=C(NCc1cc2cc(C(=O)O)cnc2[nH]1)OCc1ccccc1. The fourth-order valence-corrected chi connectivity index (χ4v) is 2.23. The van der Waals surface area contributed by atoms with E-state index in [1.807, 2.05) is 30.3 Å². The van der Waals surface area contributed by atoms with E-state index in [2.05, 4.69) is 15.3 Å². The topological polar surface area (TPSA) is 104 Å². The lowest BCUT2D eigenvalue weighted by molar-refractivity contribution is 0.0696. The zero-order valence-electron chi connectivity index (χ0n) is 12.7. The highest BCUT2D eigenvalue weighted by Gasteiger charge is 2.09. The van der Waals surface area contributed by atoms with Gasteiger partial charge in [-0.3, -0.25) is 0 Å². The van der Waals surface area contributed by atoms with Crippen molar-refractivity contribution < 1.29 is 19.4 Å². The number of aromatic carboxylic acids is 1. The number of H-pyrrole nitrogens is 1. The summed E-state index contributed by atoms with van der Waals surface area (Å²) in [5, 5.41) is 12.3. The summed E-state index contributed by atoms with van der Waals surface area (Å²) in [5.41, 5.74) is 2.29. The number of fused-ring (bicyclic) bond motifs is 1. The maximum atomic E-state index is 11.7. The molecule has 3 aromatic rings. The molecule has 0 aliphatic heterocycles. The molecule has 2 heterocycles. The molecule has 0 radical (unpaired) electrons. The minimum absolute atomic E-state index is 0.114. The molecule has 24 heavy (non-hydrogen) atoms. The summed E-state index contributed by atoms with van der Waals surface area (Å²) in [5.74, 6) is -1.03. The van der Waals surface area contributed by atoms with E-state index in [1.165, 1.54) is 12.3 Å². The minimum Gasteiger partial charge on any atom is -0.478 e. The molecule has 3 N–H and O–H groups in total. The highest BCUT2D eigenvalue weighted by Crippen LogP contribution is 2.15. The van der Waals surface area contributed by atoms with E-state index in [4.69, 9.17) is 9.84 Å². The summed E-state index contributed by atoms with van der Waals surface area (Å²) in [7, 11) is 0. The quantitative estimate of drug-likeness (QED) is 0.669. The zero-order valence-corrected chi connectivity index (χ0v) is 12.7. The first-order chi connectivity index (χ1) is 11.6. The molecule has 0 aliphatic carbocycles. The largest absolute Gasteiger partial charge is 0.478 e. The second-order valence-corrected chi connectivity index (χ2v) is 5.18. The number of benzene rings is 1. The second-order valence-electron chi connectivity index (χ2n) is 5.18. The maximum Gasteiger partial charge on any atom is 0.407 e. The second kappa shape index (κ2) is 6.82. The van der Waals surface area contributed by atoms with E-state index in [-0.39, 0.29) is 18.7 Å². The molecule has 0 atom stereocenters. The first kappa shape index (κ1) is 15.5. The van der Waals surface area contributed by atoms with Crippen molar-refractivity contribution in [1.82, 2.24) is 15.3 Å². The summed E-state index contributed by atoms with van der Waals surface area (Å²) >= 11 is 0. The lowest BCUT2D eigenvalue weighted by atomic mass is 10.2. The Morgan fingerprint density at radius 1 is 1.21 bits per heavy atom. The summed E-state index contributed by atoms with van der Waals surface area (Å²) < 4.78 is 5.12. The molecular formula is C17H15N3O4. The van der Waals surface area contributed by atoms with Crippen LogP contribution in [0.2, 0.25) is 0 Å². The summed E-state index contributed by atoms with van der Waals surface area (Å²) in [6.45, 7) is 0.426. The van der Waals surface area contributed by atoms with Crippen LogP contribution in [0.25, 0.3) is 11.0 Å². The number of carboxylic acid groups (broad SMARTS) is 1. The molecule has 0 saturated carbocycles. The van der Waals surface area contributed by atoms with Crippen LogP contribution in [0.3, 0.4) is 0 Å². The highest BCUT2D eigenvalue weighted by molar-refractivity contribution is 5.91. The highest BCUT2D eigenvalue weighted by atomic mass is 16.5. The van der Waals surface area contributed by atoms with E-state index in [9.17, 15) is 9.59 Å². The number of carboxylic acids is 1. The van der Waals surface area contributed by atoms with Crippen LogP contribution in [0.5, 0.6) is 0 Å². The van der Waals surface area contributed by atoms with Crippen LogP contribution in [0.1, 0.15) is 21.6 Å². The van der Waals surface area contributed by atoms with Gasteiger partial charge >= 0.3 is 12.1 Å². The summed E-state index contributed by atoms with van der Waals surface area (Å²) in [6.07, 6.45) is 0.753. The standard InChI is InChI=1S/C17H15N3O4/c21-16(22)13-6-12-7-14(20-15(12)18-8-13)9-19-17(23)24-10-11-4-2-1-3-5-11/h1-8H,9-10H2,(H,18,20)(H,19,23)(H,21,22). The lowest BCUT2D eigenvalue weighted by Gasteiger charge is -2.06. The van der Waals surface area contributed by atoms with Gasteiger partial charge < -0.3 is 20.1 Å². The normalized spacial score (nSPS) is 10.5. The van der Waals surface area contributed by atoms with Crippen LogP contribution in [-0.4, -0.2) is 27.1 Å². The number of nitrogens with one attached hydrogen (secondary N) is 2. The molecule has 0 unspecified atom stereocenters. The summed E-state index contributed by atoms with van der Waals surface area (Å²) in [6, 6.07) is 12.7. The van der Waals surface area contributed by atoms with Crippen LogP contribution in [-0.2, 0) is 17.9 Å². The number of nitrogens with zero attached hydrogens (tertiary/aromatic N) is 1. The Morgan fingerprint density at radius 2 is 2.00 bits per heavy atom. The van der Waals surface area contributed by atoms with Gasteiger partial charge in [-0.05, 0) is 17.7 Å². The Morgan fingerprint density at radius 3 is 2.75 bits per heavy atom. The monoisotopic (exact) mass is 325 g/mol. The number of hydrogen-bond donors (Lipinski definition) is 3. The average molecular weight is 325 g/mol. The molecule has 0 fully saturated rings. The van der Waals surface area contributed by atoms with Crippen LogP contribution in [0.4, 0.5) is 4.79 Å². The molecule has 7 nitrogen and oxygen atoms in total. The molecule has 1 aromatic carbocycles. The number of aromatic amines is 1. The van der Waals surface area contributed by atoms with Gasteiger partial charge in [0.05, 0.1) is 12.1 Å². The van der Waals surface area contributed by atoms with Gasteiger partial charge in [-0.1, -0.05) is 30.3 Å². The van der Waals surface area contributed by atoms with Crippen molar-refractivity contribution >= 4 is 23.1 Å². The smallest absolute Gasteiger partial charge is 0.407 e. The van der Waals surface area contributed by atoms with Gasteiger partial charge in [0.2, 0.25) is 0 Å². The molecule has 7 heteroatoms. The maximum absolute atomic E-state index is 11.7. The predicted octanol–water partition coefficient (Wildman–Crippen LogP) is 2.69. The van der Waals surface area contributed by atoms with Crippen molar-refractivity contribution in [1.29, 1.82) is 0 Å². The third kappa shape index (κ3) is 3.70. The number of amides is 1. The number of alkyl carbamates (subject to hydrolysis) is 1. The third-order valence-corrected chi connectivity index (χ3v) is 3.41. The van der Waals surface area contributed by atoms with Crippen molar-refractivity contribution in [3.63, 3.8) is 0 Å². The molecule has 2 aromatic heterocycles. The predicted molar refractivity (Wildman–Crippen MR) is 86.5 cm³/mol. The molecule has 122 valence electrons. The molecule has 0 saturated heterocycles. The van der Waals surface area contributed by atoms with Crippen molar-refractivity contribution in [2.45, 2.75) is 13.2 Å². The first-order valence-electron chi connectivity index (χ1n) is 7.27.